The SMILES string of the molecule is Brc1ccc(-c2ncc3n2CCCC3)cc1.Brc1ccc(C2=NCC3CCCCN23)cc1.C#Cc1ccc(F)cc1.Fc1ccc(C#Cc2ccc(-c3ncc4n3CCCC4)cc2)cc1. The summed E-state index contributed by atoms with van der Waals surface area (Å²) in [6.45, 7) is 4.34. The molecule has 0 aliphatic carbocycles. The van der Waals surface area contributed by atoms with Gasteiger partial charge in [-0.25, -0.2) is 18.7 Å². The first-order valence-electron chi connectivity index (χ1n) is 22.3. The first-order valence-corrected chi connectivity index (χ1v) is 23.9. The Morgan fingerprint density at radius 2 is 0.969 bits per heavy atom. The molecule has 65 heavy (non-hydrogen) atoms. The molecule has 1 unspecified atom stereocenters. The molecule has 0 amide bonds. The number of halogens is 4. The van der Waals surface area contributed by atoms with Gasteiger partial charge in [0.2, 0.25) is 0 Å². The molecule has 0 saturated carbocycles. The van der Waals surface area contributed by atoms with Gasteiger partial charge < -0.3 is 14.0 Å². The Morgan fingerprint density at radius 3 is 1.48 bits per heavy atom. The lowest BCUT2D eigenvalue weighted by Crippen LogP contribution is -2.40. The lowest BCUT2D eigenvalue weighted by atomic mass is 10.0. The maximum Gasteiger partial charge on any atom is 0.140 e. The van der Waals surface area contributed by atoms with E-state index in [4.69, 9.17) is 11.4 Å². The van der Waals surface area contributed by atoms with Crippen molar-refractivity contribution in [1.29, 1.82) is 0 Å². The van der Waals surface area contributed by atoms with E-state index in [1.54, 1.807) is 24.3 Å². The third-order valence-electron chi connectivity index (χ3n) is 11.9. The monoisotopic (exact) mass is 990 g/mol. The number of aryl methyl sites for hydroxylation is 2. The van der Waals surface area contributed by atoms with Crippen LogP contribution in [0.4, 0.5) is 8.78 Å². The Kier molecular flexibility index (Phi) is 15.6. The molecule has 10 heteroatoms. The largest absolute Gasteiger partial charge is 0.352 e. The van der Waals surface area contributed by atoms with Gasteiger partial charge in [-0.1, -0.05) is 86.0 Å². The number of amidine groups is 1. The van der Waals surface area contributed by atoms with Crippen LogP contribution in [0.1, 0.15) is 78.6 Å². The van der Waals surface area contributed by atoms with E-state index in [-0.39, 0.29) is 11.6 Å². The second-order valence-corrected chi connectivity index (χ2v) is 18.2. The maximum atomic E-state index is 12.9. The van der Waals surface area contributed by atoms with Crippen LogP contribution in [0.25, 0.3) is 22.8 Å². The molecule has 6 nitrogen and oxygen atoms in total. The molecule has 4 aliphatic rings. The predicted octanol–water partition coefficient (Wildman–Crippen LogP) is 12.9. The minimum Gasteiger partial charge on any atom is -0.352 e. The van der Waals surface area contributed by atoms with Gasteiger partial charge in [0.25, 0.3) is 0 Å². The summed E-state index contributed by atoms with van der Waals surface area (Å²) in [6.07, 6.45) is 20.4. The number of aliphatic imine (C=N–C) groups is 1. The zero-order valence-electron chi connectivity index (χ0n) is 36.2. The molecule has 2 aromatic heterocycles. The molecular weight excluding hydrogens is 942 g/mol. The van der Waals surface area contributed by atoms with E-state index in [0.29, 0.717) is 11.6 Å². The van der Waals surface area contributed by atoms with Gasteiger partial charge in [0.05, 0.1) is 12.6 Å². The molecule has 0 bridgehead atoms. The summed E-state index contributed by atoms with van der Waals surface area (Å²) in [6, 6.07) is 37.7. The van der Waals surface area contributed by atoms with E-state index in [9.17, 15) is 8.78 Å². The number of fused-ring (bicyclic) bond motifs is 3. The smallest absolute Gasteiger partial charge is 0.140 e. The van der Waals surface area contributed by atoms with Crippen LogP contribution in [0.5, 0.6) is 0 Å². The molecule has 0 radical (unpaired) electrons. The summed E-state index contributed by atoms with van der Waals surface area (Å²) in [4.78, 5) is 16.3. The first-order chi connectivity index (χ1) is 31.8. The Balaban J connectivity index is 0.000000124. The maximum absolute atomic E-state index is 12.9. The van der Waals surface area contributed by atoms with Crippen LogP contribution in [0.3, 0.4) is 0 Å². The summed E-state index contributed by atoms with van der Waals surface area (Å²) < 4.78 is 32.0. The molecule has 1 atom stereocenters. The Labute approximate surface area is 398 Å². The van der Waals surface area contributed by atoms with Crippen molar-refractivity contribution in [3.05, 3.63) is 188 Å². The van der Waals surface area contributed by atoms with E-state index in [0.717, 1.165) is 63.3 Å². The number of benzene rings is 5. The molecule has 328 valence electrons. The van der Waals surface area contributed by atoms with Crippen molar-refractivity contribution in [1.82, 2.24) is 24.0 Å². The van der Waals surface area contributed by atoms with Crippen molar-refractivity contribution in [2.24, 2.45) is 4.99 Å². The lowest BCUT2D eigenvalue weighted by molar-refractivity contribution is 0.269. The molecule has 0 N–H and O–H groups in total. The number of rotatable bonds is 3. The third-order valence-corrected chi connectivity index (χ3v) is 13.0. The molecule has 4 aliphatic heterocycles. The average molecular weight is 993 g/mol. The van der Waals surface area contributed by atoms with Crippen molar-refractivity contribution >= 4 is 37.7 Å². The highest BCUT2D eigenvalue weighted by atomic mass is 79.9. The Morgan fingerprint density at radius 1 is 0.523 bits per heavy atom. The normalized spacial score (nSPS) is 15.6. The molecular formula is C55H50Br2F2N6. The molecule has 1 fully saturated rings. The van der Waals surface area contributed by atoms with Gasteiger partial charge in [-0.05, 0) is 143 Å². The highest BCUT2D eigenvalue weighted by Gasteiger charge is 2.30. The third kappa shape index (κ3) is 12.0. The van der Waals surface area contributed by atoms with E-state index in [1.807, 2.05) is 24.5 Å². The summed E-state index contributed by atoms with van der Waals surface area (Å²) in [7, 11) is 0. The number of hydrogen-bond acceptors (Lipinski definition) is 4. The van der Waals surface area contributed by atoms with E-state index >= 15 is 0 Å². The predicted molar refractivity (Wildman–Crippen MR) is 266 cm³/mol. The Hall–Kier alpha value is -6.07. The van der Waals surface area contributed by atoms with Gasteiger partial charge in [0, 0.05) is 85.7 Å². The topological polar surface area (TPSA) is 51.2 Å². The number of aromatic nitrogens is 4. The van der Waals surface area contributed by atoms with Gasteiger partial charge >= 0.3 is 0 Å². The number of terminal acetylenes is 1. The Bertz CT molecular complexity index is 2790. The van der Waals surface area contributed by atoms with Crippen LogP contribution in [0.15, 0.2) is 148 Å². The van der Waals surface area contributed by atoms with Crippen molar-refractivity contribution in [3.8, 4) is 47.0 Å². The van der Waals surface area contributed by atoms with Crippen LogP contribution in [0, 0.1) is 35.8 Å². The summed E-state index contributed by atoms with van der Waals surface area (Å²) in [5, 5.41) is 0. The van der Waals surface area contributed by atoms with Crippen molar-refractivity contribution in [2.75, 3.05) is 13.1 Å². The molecule has 7 aromatic rings. The fourth-order valence-corrected chi connectivity index (χ4v) is 8.99. The van der Waals surface area contributed by atoms with Gasteiger partial charge in [-0.2, -0.15) is 0 Å². The van der Waals surface area contributed by atoms with Crippen LogP contribution < -0.4 is 0 Å². The molecule has 11 rings (SSSR count). The van der Waals surface area contributed by atoms with Crippen molar-refractivity contribution < 1.29 is 8.78 Å². The quantitative estimate of drug-likeness (QED) is 0.166. The number of imidazole rings is 2. The van der Waals surface area contributed by atoms with Gasteiger partial charge in [0.1, 0.15) is 29.1 Å². The minimum absolute atomic E-state index is 0.243. The summed E-state index contributed by atoms with van der Waals surface area (Å²) in [5.74, 6) is 11.4. The minimum atomic E-state index is -0.256. The standard InChI is InChI=1S/C21H17FN2.C13H15BrN2.C13H13BrN2.C8H5F/c22-19-12-8-17(9-13-19)5-4-16-6-10-18(11-7-16)21-23-15-20-3-1-2-14-24(20)21;2*14-11-6-4-10(5-7-11)13-15-9-12-3-1-2-8-16(12)13;1-2-7-3-5-8(9)6-4-7/h6-13,15H,1-3,14H2;4-7,12H,1-3,8-9H2;4-7,9H,1-3,8H2;1,3-6H. The van der Waals surface area contributed by atoms with Gasteiger partial charge in [-0.15, -0.1) is 6.42 Å². The summed E-state index contributed by atoms with van der Waals surface area (Å²) >= 11 is 6.93. The zero-order chi connectivity index (χ0) is 45.0. The fraction of sp³-hybridized carbons (Fsp3) is 0.255. The first kappa shape index (κ1) is 45.5. The second-order valence-electron chi connectivity index (χ2n) is 16.4. The molecule has 6 heterocycles. The molecule has 0 spiro atoms. The summed E-state index contributed by atoms with van der Waals surface area (Å²) in [5.41, 5.74) is 8.74. The van der Waals surface area contributed by atoms with Crippen molar-refractivity contribution in [2.45, 2.75) is 76.9 Å². The van der Waals surface area contributed by atoms with E-state index in [1.165, 1.54) is 111 Å². The molecule has 1 saturated heterocycles. The van der Waals surface area contributed by atoms with Crippen LogP contribution in [0.2, 0.25) is 0 Å². The van der Waals surface area contributed by atoms with Crippen LogP contribution in [-0.4, -0.2) is 49.0 Å². The van der Waals surface area contributed by atoms with Crippen LogP contribution >= 0.6 is 31.9 Å². The van der Waals surface area contributed by atoms with E-state index < -0.39 is 0 Å². The van der Waals surface area contributed by atoms with Gasteiger partial charge in [0.15, 0.2) is 0 Å². The van der Waals surface area contributed by atoms with Gasteiger partial charge in [-0.3, -0.25) is 4.99 Å². The second kappa shape index (κ2) is 22.2. The number of nitrogens with zero attached hydrogens (tertiary/aromatic N) is 6. The van der Waals surface area contributed by atoms with Crippen molar-refractivity contribution in [3.63, 3.8) is 0 Å². The highest BCUT2D eigenvalue weighted by Crippen LogP contribution is 2.28. The lowest BCUT2D eigenvalue weighted by Gasteiger charge is -2.32. The molecule has 5 aromatic carbocycles. The zero-order valence-corrected chi connectivity index (χ0v) is 39.4. The number of hydrogen-bond donors (Lipinski definition) is 0. The number of piperidine rings is 1. The average Bonchev–Trinajstić information content (AvgIpc) is 4.11. The highest BCUT2D eigenvalue weighted by molar-refractivity contribution is 9.10. The van der Waals surface area contributed by atoms with E-state index in [2.05, 4.69) is 134 Å². The van der Waals surface area contributed by atoms with Crippen LogP contribution in [-0.2, 0) is 25.9 Å². The fourth-order valence-electron chi connectivity index (χ4n) is 8.47.